The Bertz CT molecular complexity index is 783. The van der Waals surface area contributed by atoms with Crippen LogP contribution in [0.4, 0.5) is 5.95 Å². The molecule has 23 heavy (non-hydrogen) atoms. The fraction of sp³-hybridized carbons (Fsp3) is 0.375. The Labute approximate surface area is 137 Å². The van der Waals surface area contributed by atoms with Gasteiger partial charge in [0.25, 0.3) is 5.91 Å². The number of hydrogen-bond donors (Lipinski definition) is 1. The van der Waals surface area contributed by atoms with Crippen molar-refractivity contribution in [1.82, 2.24) is 14.9 Å². The Balaban J connectivity index is 1.52. The predicted octanol–water partition coefficient (Wildman–Crippen LogP) is 1.97. The van der Waals surface area contributed by atoms with Crippen LogP contribution >= 0.6 is 11.3 Å². The summed E-state index contributed by atoms with van der Waals surface area (Å²) in [6, 6.07) is 3.82. The van der Waals surface area contributed by atoms with Crippen molar-refractivity contribution in [3.8, 4) is 0 Å². The number of nitrogens with zero attached hydrogens (tertiary/aromatic N) is 3. The van der Waals surface area contributed by atoms with Crippen molar-refractivity contribution >= 4 is 29.1 Å². The Morgan fingerprint density at radius 1 is 1.39 bits per heavy atom. The molecule has 1 aliphatic carbocycles. The molecule has 1 saturated carbocycles. The molecule has 1 spiro atoms. The number of carbonyl (C=O) groups is 2. The fourth-order valence-electron chi connectivity index (χ4n) is 3.14. The summed E-state index contributed by atoms with van der Waals surface area (Å²) < 4.78 is 0. The van der Waals surface area contributed by atoms with E-state index in [1.165, 1.54) is 16.9 Å². The molecular weight excluding hydrogens is 312 g/mol. The number of nitrogens with one attached hydrogen (secondary N) is 1. The Morgan fingerprint density at radius 3 is 2.83 bits per heavy atom. The van der Waals surface area contributed by atoms with E-state index in [4.69, 9.17) is 0 Å². The largest absolute Gasteiger partial charge is 0.328 e. The zero-order valence-corrected chi connectivity index (χ0v) is 13.5. The lowest BCUT2D eigenvalue weighted by Gasteiger charge is -2.32. The quantitative estimate of drug-likeness (QED) is 0.935. The lowest BCUT2D eigenvalue weighted by atomic mass is 9.91. The highest BCUT2D eigenvalue weighted by Crippen LogP contribution is 2.54. The first-order valence-corrected chi connectivity index (χ1v) is 8.36. The Hall–Kier alpha value is -2.28. The van der Waals surface area contributed by atoms with Gasteiger partial charge in [-0.25, -0.2) is 9.97 Å². The lowest BCUT2D eigenvalue weighted by Crippen LogP contribution is -2.46. The summed E-state index contributed by atoms with van der Waals surface area (Å²) >= 11 is 1.53. The van der Waals surface area contributed by atoms with Gasteiger partial charge in [-0.2, -0.15) is 0 Å². The van der Waals surface area contributed by atoms with Crippen molar-refractivity contribution in [3.05, 3.63) is 39.8 Å². The summed E-state index contributed by atoms with van der Waals surface area (Å²) in [5.41, 5.74) is 1.27. The third kappa shape index (κ3) is 2.50. The monoisotopic (exact) mass is 328 g/mol. The van der Waals surface area contributed by atoms with E-state index in [1.54, 1.807) is 23.4 Å². The van der Waals surface area contributed by atoms with Gasteiger partial charge in [0.2, 0.25) is 11.9 Å². The van der Waals surface area contributed by atoms with E-state index in [1.807, 2.05) is 6.92 Å². The molecule has 6 nitrogen and oxygen atoms in total. The minimum Gasteiger partial charge on any atom is -0.328 e. The second-order valence-corrected chi connectivity index (χ2v) is 7.42. The molecule has 1 fully saturated rings. The van der Waals surface area contributed by atoms with Gasteiger partial charge >= 0.3 is 0 Å². The molecule has 0 atom stereocenters. The molecule has 2 aromatic rings. The molecule has 0 radical (unpaired) electrons. The van der Waals surface area contributed by atoms with E-state index in [9.17, 15) is 9.59 Å². The van der Waals surface area contributed by atoms with E-state index >= 15 is 0 Å². The topological polar surface area (TPSA) is 75.2 Å². The van der Waals surface area contributed by atoms with E-state index in [0.29, 0.717) is 6.54 Å². The van der Waals surface area contributed by atoms with Gasteiger partial charge in [0.05, 0.1) is 4.88 Å². The number of aromatic nitrogens is 2. The van der Waals surface area contributed by atoms with Crippen LogP contribution < -0.4 is 5.32 Å². The summed E-state index contributed by atoms with van der Waals surface area (Å²) in [5.74, 6) is -0.0485. The molecule has 0 unspecified atom stereocenters. The molecule has 118 valence electrons. The molecule has 2 aliphatic rings. The fourth-order valence-corrected chi connectivity index (χ4v) is 4.24. The number of carbonyl (C=O) groups excluding carboxylic acids is 2. The zero-order valence-electron chi connectivity index (χ0n) is 12.7. The van der Waals surface area contributed by atoms with E-state index in [-0.39, 0.29) is 29.7 Å². The summed E-state index contributed by atoms with van der Waals surface area (Å²) in [4.78, 5) is 36.4. The maximum atomic E-state index is 12.7. The number of rotatable bonds is 3. The first-order valence-electron chi connectivity index (χ1n) is 7.54. The van der Waals surface area contributed by atoms with Gasteiger partial charge in [-0.05, 0) is 37.5 Å². The molecule has 2 amide bonds. The van der Waals surface area contributed by atoms with Crippen molar-refractivity contribution in [3.63, 3.8) is 0 Å². The average molecular weight is 328 g/mol. The van der Waals surface area contributed by atoms with Crippen molar-refractivity contribution in [2.24, 2.45) is 0 Å². The van der Waals surface area contributed by atoms with E-state index < -0.39 is 0 Å². The molecule has 0 saturated heterocycles. The van der Waals surface area contributed by atoms with Gasteiger partial charge < -0.3 is 4.90 Å². The van der Waals surface area contributed by atoms with Crippen molar-refractivity contribution in [2.45, 2.75) is 25.2 Å². The first-order chi connectivity index (χ1) is 11.1. The minimum absolute atomic E-state index is 0.0369. The van der Waals surface area contributed by atoms with Crippen LogP contribution in [0, 0.1) is 6.92 Å². The van der Waals surface area contributed by atoms with Crippen LogP contribution in [-0.2, 0) is 10.2 Å². The van der Waals surface area contributed by atoms with Crippen LogP contribution in [0.3, 0.4) is 0 Å². The van der Waals surface area contributed by atoms with Gasteiger partial charge in [0.15, 0.2) is 0 Å². The number of thiophene rings is 1. The Morgan fingerprint density at radius 2 is 2.13 bits per heavy atom. The van der Waals surface area contributed by atoms with Gasteiger partial charge in [0.1, 0.15) is 6.54 Å². The molecule has 7 heteroatoms. The zero-order chi connectivity index (χ0) is 16.0. The number of aryl methyl sites for hydroxylation is 1. The standard InChI is InChI=1S/C16H16N4O2S/c1-10-7-11-13(23-10)14(22)20(9-16(11)3-4-16)8-12(21)19-15-17-5-2-6-18-15/h2,5-7H,3-4,8-9H2,1H3,(H,17,18,19,21). The average Bonchev–Trinajstić information content (AvgIpc) is 3.18. The molecule has 1 N–H and O–H groups in total. The smallest absolute Gasteiger partial charge is 0.264 e. The third-order valence-electron chi connectivity index (χ3n) is 4.41. The molecule has 0 aromatic carbocycles. The van der Waals surface area contributed by atoms with Crippen molar-refractivity contribution < 1.29 is 9.59 Å². The number of hydrogen-bond acceptors (Lipinski definition) is 5. The van der Waals surface area contributed by atoms with Gasteiger partial charge in [-0.1, -0.05) is 0 Å². The molecule has 1 aliphatic heterocycles. The molecular formula is C16H16N4O2S. The normalized spacial score (nSPS) is 18.0. The van der Waals surface area contributed by atoms with Gasteiger partial charge in [-0.15, -0.1) is 11.3 Å². The van der Waals surface area contributed by atoms with Gasteiger partial charge in [0, 0.05) is 29.2 Å². The van der Waals surface area contributed by atoms with Crippen molar-refractivity contribution in [1.29, 1.82) is 0 Å². The highest BCUT2D eigenvalue weighted by Gasteiger charge is 2.52. The molecule has 0 bridgehead atoms. The second-order valence-electron chi connectivity index (χ2n) is 6.16. The summed E-state index contributed by atoms with van der Waals surface area (Å²) in [5, 5.41) is 2.64. The van der Waals surface area contributed by atoms with E-state index in [2.05, 4.69) is 21.4 Å². The highest BCUT2D eigenvalue weighted by molar-refractivity contribution is 7.14. The van der Waals surface area contributed by atoms with Crippen LogP contribution in [0.1, 0.15) is 33.0 Å². The van der Waals surface area contributed by atoms with E-state index in [0.717, 1.165) is 22.6 Å². The number of fused-ring (bicyclic) bond motifs is 2. The summed E-state index contributed by atoms with van der Waals surface area (Å²) in [7, 11) is 0. The first kappa shape index (κ1) is 14.3. The minimum atomic E-state index is -0.267. The molecule has 2 aromatic heterocycles. The molecule has 4 rings (SSSR count). The highest BCUT2D eigenvalue weighted by atomic mass is 32.1. The van der Waals surface area contributed by atoms with Crippen LogP contribution in [-0.4, -0.2) is 39.8 Å². The van der Waals surface area contributed by atoms with Crippen molar-refractivity contribution in [2.75, 3.05) is 18.4 Å². The summed E-state index contributed by atoms with van der Waals surface area (Å²) in [6.45, 7) is 2.68. The van der Waals surface area contributed by atoms with Crippen LogP contribution in [0.5, 0.6) is 0 Å². The summed E-state index contributed by atoms with van der Waals surface area (Å²) in [6.07, 6.45) is 5.30. The second kappa shape index (κ2) is 5.13. The SMILES string of the molecule is Cc1cc2c(s1)C(=O)N(CC(=O)Nc1ncccn1)CC21CC1. The maximum absolute atomic E-state index is 12.7. The van der Waals surface area contributed by atoms with Gasteiger partial charge in [-0.3, -0.25) is 14.9 Å². The number of anilines is 1. The van der Waals surface area contributed by atoms with Crippen LogP contribution in [0.2, 0.25) is 0 Å². The maximum Gasteiger partial charge on any atom is 0.264 e. The predicted molar refractivity (Wildman–Crippen MR) is 86.5 cm³/mol. The molecule has 3 heterocycles. The lowest BCUT2D eigenvalue weighted by molar-refractivity contribution is -0.117. The Kier molecular flexibility index (Phi) is 3.19. The number of amides is 2. The third-order valence-corrected chi connectivity index (χ3v) is 5.45. The van der Waals surface area contributed by atoms with Crippen LogP contribution in [0.25, 0.3) is 0 Å². The van der Waals surface area contributed by atoms with Crippen LogP contribution in [0.15, 0.2) is 24.5 Å².